The molecule has 0 aromatic heterocycles. The minimum Gasteiger partial charge on any atom is -0.484 e. The highest BCUT2D eigenvalue weighted by Crippen LogP contribution is 2.54. The fourth-order valence-corrected chi connectivity index (χ4v) is 6.62. The van der Waals surface area contributed by atoms with Gasteiger partial charge in [-0.05, 0) is 68.7 Å². The van der Waals surface area contributed by atoms with Crippen LogP contribution in [-0.4, -0.2) is 61.0 Å². The molecule has 12 heteroatoms. The largest absolute Gasteiger partial charge is 0.484 e. The van der Waals surface area contributed by atoms with E-state index in [1.54, 1.807) is 0 Å². The van der Waals surface area contributed by atoms with Crippen LogP contribution in [0.25, 0.3) is 0 Å². The molecule has 3 N–H and O–H groups in total. The first-order valence-corrected chi connectivity index (χ1v) is 14.3. The Kier molecular flexibility index (Phi) is 8.66. The maximum atomic E-state index is 13.8. The number of benzene rings is 2. The fraction of sp³-hybridized carbons (Fsp3) is 0.517. The summed E-state index contributed by atoms with van der Waals surface area (Å²) in [6, 6.07) is 7.97. The van der Waals surface area contributed by atoms with Gasteiger partial charge in [0.15, 0.2) is 13.2 Å². The first-order chi connectivity index (χ1) is 19.5. The number of halogens is 4. The van der Waals surface area contributed by atoms with Gasteiger partial charge >= 0.3 is 0 Å². The normalized spacial score (nSPS) is 26.1. The third kappa shape index (κ3) is 6.56. The van der Waals surface area contributed by atoms with Gasteiger partial charge < -0.3 is 30.0 Å². The molecule has 2 bridgehead atoms. The molecule has 1 unspecified atom stereocenters. The van der Waals surface area contributed by atoms with Crippen LogP contribution in [0.3, 0.4) is 0 Å². The highest BCUT2D eigenvalue weighted by Gasteiger charge is 2.57. The molecule has 41 heavy (non-hydrogen) atoms. The molecule has 2 amide bonds. The van der Waals surface area contributed by atoms with Gasteiger partial charge in [0.2, 0.25) is 0 Å². The highest BCUT2D eigenvalue weighted by atomic mass is 35.5. The van der Waals surface area contributed by atoms with E-state index in [1.807, 2.05) is 0 Å². The molecule has 4 fully saturated rings. The van der Waals surface area contributed by atoms with Crippen molar-refractivity contribution in [1.82, 2.24) is 10.6 Å². The second-order valence-electron chi connectivity index (χ2n) is 11.5. The lowest BCUT2D eigenvalue weighted by Crippen LogP contribution is -2.69. The van der Waals surface area contributed by atoms with Crippen molar-refractivity contribution in [3.05, 3.63) is 58.1 Å². The number of amides is 2. The molecular weight excluding hydrogens is 581 g/mol. The third-order valence-electron chi connectivity index (χ3n) is 8.66. The number of fused-ring (bicyclic) bond motifs is 3. The van der Waals surface area contributed by atoms with Crippen LogP contribution < -0.4 is 20.1 Å². The summed E-state index contributed by atoms with van der Waals surface area (Å²) in [5, 5.41) is 16.4. The summed E-state index contributed by atoms with van der Waals surface area (Å²) in [5.41, 5.74) is -1.45. The van der Waals surface area contributed by atoms with Crippen molar-refractivity contribution in [2.24, 2.45) is 11.3 Å². The number of carbonyl (C=O) groups excluding carboxylic acids is 2. The lowest BCUT2D eigenvalue weighted by Gasteiger charge is -2.60. The summed E-state index contributed by atoms with van der Waals surface area (Å²) in [7, 11) is 0. The van der Waals surface area contributed by atoms with Gasteiger partial charge in [-0.2, -0.15) is 0 Å². The standard InChI is InChI=1S/C29H32Cl2F2N2O6/c30-21-3-1-19(9-23(21)32)40-13-25(37)34-28-5-7-29(8-6-28,18(12-28)11-27(15-36)16-39-17-27)35-26(38)14-41-20-2-4-22(31)24(33)10-20/h1-4,9-10,18,36H,5-8,11-17H2,(H,34,37)(H,35,38). The zero-order valence-corrected chi connectivity index (χ0v) is 23.8. The molecular formula is C29H32Cl2F2N2O6. The van der Waals surface area contributed by atoms with Gasteiger partial charge in [-0.1, -0.05) is 23.2 Å². The van der Waals surface area contributed by atoms with Crippen molar-refractivity contribution in [1.29, 1.82) is 0 Å². The second-order valence-corrected chi connectivity index (χ2v) is 12.3. The molecule has 0 radical (unpaired) electrons. The fourth-order valence-electron chi connectivity index (χ4n) is 6.39. The summed E-state index contributed by atoms with van der Waals surface area (Å²) >= 11 is 11.4. The van der Waals surface area contributed by atoms with E-state index in [-0.39, 0.29) is 59.1 Å². The topological polar surface area (TPSA) is 106 Å². The van der Waals surface area contributed by atoms with E-state index in [0.29, 0.717) is 51.7 Å². The van der Waals surface area contributed by atoms with Gasteiger partial charge in [-0.25, -0.2) is 8.78 Å². The van der Waals surface area contributed by atoms with Crippen LogP contribution in [0.15, 0.2) is 36.4 Å². The van der Waals surface area contributed by atoms with E-state index in [1.165, 1.54) is 24.3 Å². The predicted octanol–water partition coefficient (Wildman–Crippen LogP) is 4.43. The average molecular weight is 613 g/mol. The summed E-state index contributed by atoms with van der Waals surface area (Å²) in [6.07, 6.45) is 3.72. The number of rotatable bonds is 11. The number of hydrogen-bond donors (Lipinski definition) is 3. The molecule has 8 nitrogen and oxygen atoms in total. The minimum absolute atomic E-state index is 0.0327. The Hall–Kier alpha value is -2.66. The molecule has 3 saturated carbocycles. The maximum absolute atomic E-state index is 13.8. The molecule has 2 aromatic rings. The first kappa shape index (κ1) is 29.8. The van der Waals surface area contributed by atoms with E-state index < -0.39 is 28.1 Å². The Morgan fingerprint density at radius 3 is 1.90 bits per heavy atom. The number of ether oxygens (including phenoxy) is 3. The summed E-state index contributed by atoms with van der Waals surface area (Å²) < 4.78 is 43.9. The lowest BCUT2D eigenvalue weighted by molar-refractivity contribution is -0.163. The molecule has 4 aliphatic rings. The second kappa shape index (κ2) is 11.9. The molecule has 6 rings (SSSR count). The van der Waals surface area contributed by atoms with Crippen LogP contribution in [0, 0.1) is 23.0 Å². The van der Waals surface area contributed by atoms with Crippen LogP contribution in [0.4, 0.5) is 8.78 Å². The molecule has 0 spiro atoms. The summed E-state index contributed by atoms with van der Waals surface area (Å²) in [6.45, 7) is 0.241. The van der Waals surface area contributed by atoms with Crippen molar-refractivity contribution in [2.45, 2.75) is 49.6 Å². The predicted molar refractivity (Wildman–Crippen MR) is 147 cm³/mol. The van der Waals surface area contributed by atoms with Crippen LogP contribution >= 0.6 is 23.2 Å². The number of aliphatic hydroxyl groups excluding tert-OH is 1. The van der Waals surface area contributed by atoms with E-state index >= 15 is 0 Å². The van der Waals surface area contributed by atoms with Crippen molar-refractivity contribution >= 4 is 35.0 Å². The van der Waals surface area contributed by atoms with Crippen molar-refractivity contribution < 1.29 is 37.7 Å². The highest BCUT2D eigenvalue weighted by molar-refractivity contribution is 6.31. The van der Waals surface area contributed by atoms with E-state index in [0.717, 1.165) is 12.1 Å². The third-order valence-corrected chi connectivity index (χ3v) is 9.28. The maximum Gasteiger partial charge on any atom is 0.258 e. The molecule has 1 aliphatic heterocycles. The Bertz CT molecular complexity index is 1290. The molecule has 3 aliphatic carbocycles. The number of carbonyl (C=O) groups is 2. The summed E-state index contributed by atoms with van der Waals surface area (Å²) in [4.78, 5) is 26.0. The quantitative estimate of drug-likeness (QED) is 0.347. The Morgan fingerprint density at radius 2 is 1.44 bits per heavy atom. The van der Waals surface area contributed by atoms with Crippen LogP contribution in [0.1, 0.15) is 38.5 Å². The SMILES string of the molecule is O=C(COc1ccc(Cl)c(F)c1)NC12CCC(NC(=O)COc3ccc(Cl)c(F)c3)(CC1)C(CC1(CO)COC1)C2. The average Bonchev–Trinajstić information content (AvgIpc) is 2.93. The Morgan fingerprint density at radius 1 is 0.902 bits per heavy atom. The molecule has 1 atom stereocenters. The van der Waals surface area contributed by atoms with Crippen molar-refractivity contribution in [3.63, 3.8) is 0 Å². The van der Waals surface area contributed by atoms with Crippen LogP contribution in [0.2, 0.25) is 10.0 Å². The zero-order valence-electron chi connectivity index (χ0n) is 22.3. The monoisotopic (exact) mass is 612 g/mol. The van der Waals surface area contributed by atoms with E-state index in [9.17, 15) is 23.5 Å². The number of aliphatic hydroxyl groups is 1. The minimum atomic E-state index is -0.635. The van der Waals surface area contributed by atoms with E-state index in [2.05, 4.69) is 10.6 Å². The lowest BCUT2D eigenvalue weighted by atomic mass is 9.53. The zero-order chi connectivity index (χ0) is 29.3. The number of nitrogens with one attached hydrogen (secondary N) is 2. The van der Waals surface area contributed by atoms with Gasteiger partial charge in [0.05, 0.1) is 29.9 Å². The Labute approximate surface area is 246 Å². The van der Waals surface area contributed by atoms with Gasteiger partial charge in [0.25, 0.3) is 11.8 Å². The summed E-state index contributed by atoms with van der Waals surface area (Å²) in [5.74, 6) is -1.59. The van der Waals surface area contributed by atoms with Gasteiger partial charge in [0, 0.05) is 28.6 Å². The molecule has 2 aromatic carbocycles. The first-order valence-electron chi connectivity index (χ1n) is 13.5. The van der Waals surface area contributed by atoms with Gasteiger partial charge in [-0.3, -0.25) is 9.59 Å². The molecule has 1 saturated heterocycles. The van der Waals surface area contributed by atoms with Crippen LogP contribution in [-0.2, 0) is 14.3 Å². The van der Waals surface area contributed by atoms with Crippen molar-refractivity contribution in [3.8, 4) is 11.5 Å². The van der Waals surface area contributed by atoms with E-state index in [4.69, 9.17) is 37.4 Å². The number of hydrogen-bond acceptors (Lipinski definition) is 6. The van der Waals surface area contributed by atoms with Crippen LogP contribution in [0.5, 0.6) is 11.5 Å². The van der Waals surface area contributed by atoms with Gasteiger partial charge in [-0.15, -0.1) is 0 Å². The Balaban J connectivity index is 1.24. The molecule has 1 heterocycles. The molecule has 222 valence electrons. The van der Waals surface area contributed by atoms with Gasteiger partial charge in [0.1, 0.15) is 23.1 Å². The van der Waals surface area contributed by atoms with Crippen molar-refractivity contribution in [2.75, 3.05) is 33.0 Å². The smallest absolute Gasteiger partial charge is 0.258 e.